The molecule has 0 saturated heterocycles. The van der Waals surface area contributed by atoms with Crippen molar-refractivity contribution in [2.75, 3.05) is 10.5 Å². The summed E-state index contributed by atoms with van der Waals surface area (Å²) >= 11 is 0. The highest BCUT2D eigenvalue weighted by Crippen LogP contribution is 2.38. The number of carbonyl (C=O) groups is 1. The molecule has 0 spiro atoms. The van der Waals surface area contributed by atoms with Crippen molar-refractivity contribution in [2.24, 2.45) is 5.10 Å². The van der Waals surface area contributed by atoms with Crippen molar-refractivity contribution < 1.29 is 22.7 Å². The Morgan fingerprint density at radius 2 is 2.00 bits per heavy atom. The van der Waals surface area contributed by atoms with Crippen molar-refractivity contribution in [3.8, 4) is 5.75 Å². The normalized spacial score (nSPS) is 16.2. The van der Waals surface area contributed by atoms with Crippen LogP contribution in [-0.2, 0) is 10.0 Å². The molecule has 8 nitrogen and oxygen atoms in total. The minimum absolute atomic E-state index is 0.0427. The number of nitrogens with one attached hydrogen (secondary N) is 1. The largest absolute Gasteiger partial charge is 0.508 e. The van der Waals surface area contributed by atoms with Gasteiger partial charge in [-0.05, 0) is 42.8 Å². The van der Waals surface area contributed by atoms with Crippen molar-refractivity contribution in [3.05, 3.63) is 83.8 Å². The van der Waals surface area contributed by atoms with Gasteiger partial charge < -0.3 is 9.52 Å². The third kappa shape index (κ3) is 4.31. The van der Waals surface area contributed by atoms with Crippen molar-refractivity contribution >= 4 is 27.3 Å². The lowest BCUT2D eigenvalue weighted by Crippen LogP contribution is -2.26. The number of rotatable bonds is 6. The number of nitrogens with zero attached hydrogens (tertiary/aromatic N) is 2. The minimum atomic E-state index is -3.43. The zero-order valence-electron chi connectivity index (χ0n) is 16.7. The third-order valence-corrected chi connectivity index (χ3v) is 6.30. The molecular formula is C22H21N3O5S. The molecule has 9 heteroatoms. The zero-order chi connectivity index (χ0) is 22.0. The summed E-state index contributed by atoms with van der Waals surface area (Å²) < 4.78 is 31.6. The zero-order valence-corrected chi connectivity index (χ0v) is 17.5. The minimum Gasteiger partial charge on any atom is -0.508 e. The van der Waals surface area contributed by atoms with Crippen molar-refractivity contribution in [1.82, 2.24) is 5.01 Å². The lowest BCUT2D eigenvalue weighted by Gasteiger charge is -2.21. The fourth-order valence-corrected chi connectivity index (χ4v) is 4.04. The van der Waals surface area contributed by atoms with Crippen LogP contribution in [-0.4, -0.2) is 35.9 Å². The summed E-state index contributed by atoms with van der Waals surface area (Å²) in [5.74, 6) is -0.282. The van der Waals surface area contributed by atoms with Crippen molar-refractivity contribution in [3.63, 3.8) is 0 Å². The fraction of sp³-hybridized carbons (Fsp3) is 0.182. The monoisotopic (exact) mass is 439 g/mol. The van der Waals surface area contributed by atoms with E-state index in [1.54, 1.807) is 67.6 Å². The summed E-state index contributed by atoms with van der Waals surface area (Å²) in [6, 6.07) is 16.3. The number of aromatic hydroxyl groups is 1. The number of phenolic OH excluding ortho intramolecular Hbond substituents is 1. The highest BCUT2D eigenvalue weighted by Gasteiger charge is 2.36. The summed E-state index contributed by atoms with van der Waals surface area (Å²) in [7, 11) is -3.43. The van der Waals surface area contributed by atoms with Gasteiger partial charge >= 0.3 is 5.91 Å². The van der Waals surface area contributed by atoms with Crippen LogP contribution in [0.1, 0.15) is 41.1 Å². The van der Waals surface area contributed by atoms with Gasteiger partial charge in [-0.25, -0.2) is 13.4 Å². The molecule has 4 rings (SSSR count). The van der Waals surface area contributed by atoms with Crippen LogP contribution >= 0.6 is 0 Å². The molecule has 1 amide bonds. The molecule has 2 aromatic carbocycles. The predicted molar refractivity (Wildman–Crippen MR) is 116 cm³/mol. The lowest BCUT2D eigenvalue weighted by atomic mass is 9.97. The van der Waals surface area contributed by atoms with E-state index in [4.69, 9.17) is 4.42 Å². The van der Waals surface area contributed by atoms with Crippen molar-refractivity contribution in [1.29, 1.82) is 0 Å². The Bertz CT molecular complexity index is 1240. The van der Waals surface area contributed by atoms with Gasteiger partial charge in [0.05, 0.1) is 23.8 Å². The lowest BCUT2D eigenvalue weighted by molar-refractivity contribution is 0.0677. The number of carbonyl (C=O) groups excluding carboxylic acids is 1. The van der Waals surface area contributed by atoms with E-state index in [9.17, 15) is 18.3 Å². The number of hydrogen-bond acceptors (Lipinski definition) is 6. The molecule has 0 aliphatic carbocycles. The Labute approximate surface area is 179 Å². The highest BCUT2D eigenvalue weighted by molar-refractivity contribution is 7.92. The molecule has 31 heavy (non-hydrogen) atoms. The van der Waals surface area contributed by atoms with Crippen LogP contribution in [0.25, 0.3) is 0 Å². The highest BCUT2D eigenvalue weighted by atomic mass is 32.2. The van der Waals surface area contributed by atoms with E-state index in [1.165, 1.54) is 11.3 Å². The smallest absolute Gasteiger partial charge is 0.310 e. The van der Waals surface area contributed by atoms with Gasteiger partial charge in [-0.15, -0.1) is 0 Å². The molecule has 1 atom stereocenters. The number of benzene rings is 2. The number of para-hydroxylation sites is 1. The first-order chi connectivity index (χ1) is 14.9. The van der Waals surface area contributed by atoms with Gasteiger partial charge in [0.25, 0.3) is 0 Å². The topological polar surface area (TPSA) is 112 Å². The van der Waals surface area contributed by atoms with E-state index in [0.717, 1.165) is 0 Å². The first-order valence-electron chi connectivity index (χ1n) is 9.71. The molecule has 0 radical (unpaired) electrons. The third-order valence-electron chi connectivity index (χ3n) is 5.00. The van der Waals surface area contributed by atoms with E-state index in [2.05, 4.69) is 9.82 Å². The number of hydrazone groups is 1. The summed E-state index contributed by atoms with van der Waals surface area (Å²) in [6.45, 7) is 1.56. The Kier molecular flexibility index (Phi) is 5.51. The van der Waals surface area contributed by atoms with Gasteiger partial charge in [-0.2, -0.15) is 5.10 Å². The molecule has 1 aromatic heterocycles. The molecule has 2 heterocycles. The van der Waals surface area contributed by atoms with Crippen LogP contribution in [0.4, 0.5) is 5.69 Å². The van der Waals surface area contributed by atoms with Gasteiger partial charge in [-0.1, -0.05) is 30.3 Å². The molecule has 2 N–H and O–H groups in total. The Morgan fingerprint density at radius 3 is 2.71 bits per heavy atom. The average Bonchev–Trinajstić information content (AvgIpc) is 3.44. The number of anilines is 1. The Balaban J connectivity index is 1.71. The molecule has 1 aliphatic rings. The number of phenols is 1. The van der Waals surface area contributed by atoms with Gasteiger partial charge in [0.2, 0.25) is 10.0 Å². The molecule has 160 valence electrons. The summed E-state index contributed by atoms with van der Waals surface area (Å²) in [5, 5.41) is 16.2. The van der Waals surface area contributed by atoms with Gasteiger partial charge in [-0.3, -0.25) is 9.52 Å². The second-order valence-electron chi connectivity index (χ2n) is 7.04. The standard InChI is InChI=1S/C22H21N3O5S/c1-2-31(28,29)24-16-8-5-7-15(13-16)18-14-19(17-9-3-4-10-20(17)26)25(23-18)22(27)21-11-6-12-30-21/h3-13,19,24,26H,2,14H2,1H3/t19-/m0/s1. The van der Waals surface area contributed by atoms with Crippen LogP contribution in [0.2, 0.25) is 0 Å². The molecule has 3 aromatic rings. The molecule has 0 unspecified atom stereocenters. The molecule has 0 fully saturated rings. The van der Waals surface area contributed by atoms with Crippen LogP contribution in [0.15, 0.2) is 76.4 Å². The maximum atomic E-state index is 13.0. The first-order valence-corrected chi connectivity index (χ1v) is 11.4. The van der Waals surface area contributed by atoms with Crippen LogP contribution in [0, 0.1) is 0 Å². The average molecular weight is 439 g/mol. The summed E-state index contributed by atoms with van der Waals surface area (Å²) in [5.41, 5.74) is 2.23. The van der Waals surface area contributed by atoms with Crippen LogP contribution in [0.3, 0.4) is 0 Å². The number of sulfonamides is 1. The predicted octanol–water partition coefficient (Wildman–Crippen LogP) is 3.74. The summed E-state index contributed by atoms with van der Waals surface area (Å²) in [4.78, 5) is 13.0. The van der Waals surface area contributed by atoms with E-state index >= 15 is 0 Å². The van der Waals surface area contributed by atoms with Crippen LogP contribution in [0.5, 0.6) is 5.75 Å². The van der Waals surface area contributed by atoms with Crippen molar-refractivity contribution in [2.45, 2.75) is 19.4 Å². The molecule has 0 bridgehead atoms. The second-order valence-corrected chi connectivity index (χ2v) is 9.05. The number of furan rings is 1. The fourth-order valence-electron chi connectivity index (χ4n) is 3.41. The van der Waals surface area contributed by atoms with E-state index < -0.39 is 22.0 Å². The molecule has 1 aliphatic heterocycles. The molecule has 0 saturated carbocycles. The van der Waals surface area contributed by atoms with E-state index in [0.29, 0.717) is 28.9 Å². The SMILES string of the molecule is CCS(=O)(=O)Nc1cccc(C2=NN(C(=O)c3ccco3)[C@H](c3ccccc3O)C2)c1. The maximum absolute atomic E-state index is 13.0. The maximum Gasteiger partial charge on any atom is 0.310 e. The number of amides is 1. The van der Waals surface area contributed by atoms with Gasteiger partial charge in [0.1, 0.15) is 5.75 Å². The van der Waals surface area contributed by atoms with Gasteiger partial charge in [0, 0.05) is 17.7 Å². The van der Waals surface area contributed by atoms with E-state index in [1.807, 2.05) is 0 Å². The Morgan fingerprint density at radius 1 is 1.19 bits per heavy atom. The summed E-state index contributed by atoms with van der Waals surface area (Å²) in [6.07, 6.45) is 1.75. The first kappa shape index (κ1) is 20.7. The molecular weight excluding hydrogens is 418 g/mol. The van der Waals surface area contributed by atoms with Crippen LogP contribution < -0.4 is 4.72 Å². The van der Waals surface area contributed by atoms with E-state index in [-0.39, 0.29) is 17.3 Å². The quantitative estimate of drug-likeness (QED) is 0.608. The Hall–Kier alpha value is -3.59. The van der Waals surface area contributed by atoms with Gasteiger partial charge in [0.15, 0.2) is 5.76 Å². The second kappa shape index (κ2) is 8.27. The number of hydrogen-bond donors (Lipinski definition) is 2.